The topological polar surface area (TPSA) is 29.5 Å². The van der Waals surface area contributed by atoms with E-state index in [9.17, 15) is 4.79 Å². The number of terminal acetylenes is 1. The molecule has 0 radical (unpaired) electrons. The van der Waals surface area contributed by atoms with Crippen molar-refractivity contribution in [2.75, 3.05) is 6.54 Å². The average molecular weight is 211 g/mol. The van der Waals surface area contributed by atoms with Crippen LogP contribution in [-0.2, 0) is 4.74 Å². The number of rotatable bonds is 1. The van der Waals surface area contributed by atoms with Crippen LogP contribution in [0.15, 0.2) is 0 Å². The Morgan fingerprint density at radius 1 is 1.27 bits per heavy atom. The summed E-state index contributed by atoms with van der Waals surface area (Å²) in [5.74, 6) is 2.47. The van der Waals surface area contributed by atoms with Gasteiger partial charge in [-0.15, -0.1) is 6.42 Å². The van der Waals surface area contributed by atoms with E-state index in [1.807, 2.05) is 41.5 Å². The third-order valence-corrected chi connectivity index (χ3v) is 1.67. The van der Waals surface area contributed by atoms with Crippen LogP contribution in [-0.4, -0.2) is 28.7 Å². The lowest BCUT2D eigenvalue weighted by molar-refractivity contribution is 0.0103. The lowest BCUT2D eigenvalue weighted by atomic mass is 10.1. The molecule has 0 heterocycles. The molecule has 0 fully saturated rings. The molecule has 1 amide bonds. The second kappa shape index (κ2) is 4.57. The number of hydrogen-bond acceptors (Lipinski definition) is 2. The molecular weight excluding hydrogens is 190 g/mol. The summed E-state index contributed by atoms with van der Waals surface area (Å²) in [4.78, 5) is 13.3. The van der Waals surface area contributed by atoms with Crippen molar-refractivity contribution in [3.05, 3.63) is 0 Å². The van der Waals surface area contributed by atoms with Gasteiger partial charge in [-0.25, -0.2) is 4.79 Å². The molecule has 0 atom stereocenters. The molecule has 0 saturated carbocycles. The number of ether oxygens (including phenoxy) is 1. The van der Waals surface area contributed by atoms with Gasteiger partial charge in [-0.1, -0.05) is 5.92 Å². The van der Waals surface area contributed by atoms with E-state index in [1.54, 1.807) is 0 Å². The van der Waals surface area contributed by atoms with Crippen molar-refractivity contribution in [3.8, 4) is 12.3 Å². The van der Waals surface area contributed by atoms with E-state index < -0.39 is 5.60 Å². The highest BCUT2D eigenvalue weighted by atomic mass is 16.6. The van der Waals surface area contributed by atoms with Crippen LogP contribution >= 0.6 is 0 Å². The molecule has 0 spiro atoms. The third kappa shape index (κ3) is 5.31. The molecule has 0 aromatic carbocycles. The van der Waals surface area contributed by atoms with E-state index in [4.69, 9.17) is 11.2 Å². The second-order valence-corrected chi connectivity index (χ2v) is 5.44. The first-order valence-corrected chi connectivity index (χ1v) is 5.02. The summed E-state index contributed by atoms with van der Waals surface area (Å²) in [6, 6.07) is 0. The van der Waals surface area contributed by atoms with Gasteiger partial charge in [-0.3, -0.25) is 4.90 Å². The summed E-state index contributed by atoms with van der Waals surface area (Å²) in [5, 5.41) is 0. The van der Waals surface area contributed by atoms with Crippen LogP contribution in [0.1, 0.15) is 41.5 Å². The van der Waals surface area contributed by atoms with Gasteiger partial charge in [0.1, 0.15) is 5.60 Å². The molecule has 86 valence electrons. The Balaban J connectivity index is 4.67. The molecule has 0 saturated heterocycles. The number of carbonyl (C=O) groups is 1. The zero-order valence-electron chi connectivity index (χ0n) is 10.5. The lowest BCUT2D eigenvalue weighted by Gasteiger charge is -2.35. The Hall–Kier alpha value is -1.17. The Morgan fingerprint density at radius 2 is 1.73 bits per heavy atom. The van der Waals surface area contributed by atoms with Gasteiger partial charge in [0.2, 0.25) is 0 Å². The fourth-order valence-corrected chi connectivity index (χ4v) is 0.984. The zero-order valence-corrected chi connectivity index (χ0v) is 10.5. The van der Waals surface area contributed by atoms with Crippen molar-refractivity contribution < 1.29 is 9.53 Å². The van der Waals surface area contributed by atoms with Crippen molar-refractivity contribution in [2.24, 2.45) is 0 Å². The number of carbonyl (C=O) groups excluding carboxylic acids is 1. The number of amides is 1. The monoisotopic (exact) mass is 211 g/mol. The molecule has 15 heavy (non-hydrogen) atoms. The quantitative estimate of drug-likeness (QED) is 0.624. The molecule has 3 nitrogen and oxygen atoms in total. The van der Waals surface area contributed by atoms with Gasteiger partial charge in [-0.05, 0) is 41.5 Å². The van der Waals surface area contributed by atoms with E-state index in [1.165, 1.54) is 4.90 Å². The molecule has 3 heteroatoms. The van der Waals surface area contributed by atoms with Gasteiger partial charge in [0, 0.05) is 5.54 Å². The number of nitrogens with zero attached hydrogens (tertiary/aromatic N) is 1. The minimum Gasteiger partial charge on any atom is -0.444 e. The predicted molar refractivity (Wildman–Crippen MR) is 61.5 cm³/mol. The van der Waals surface area contributed by atoms with Crippen molar-refractivity contribution in [1.82, 2.24) is 4.90 Å². The molecule has 0 bridgehead atoms. The molecule has 0 aliphatic rings. The van der Waals surface area contributed by atoms with Crippen molar-refractivity contribution in [2.45, 2.75) is 52.7 Å². The summed E-state index contributed by atoms with van der Waals surface area (Å²) in [5.41, 5.74) is -0.816. The zero-order chi connectivity index (χ0) is 12.3. The SMILES string of the molecule is C#CCN(C(=O)OC(C)(C)C)C(C)(C)C. The van der Waals surface area contributed by atoms with Gasteiger partial charge in [0.15, 0.2) is 0 Å². The molecule has 0 N–H and O–H groups in total. The Morgan fingerprint density at radius 3 is 2.00 bits per heavy atom. The lowest BCUT2D eigenvalue weighted by Crippen LogP contribution is -2.48. The number of hydrogen-bond donors (Lipinski definition) is 0. The molecule has 0 rings (SSSR count). The van der Waals surface area contributed by atoms with Crippen LogP contribution in [0.2, 0.25) is 0 Å². The fourth-order valence-electron chi connectivity index (χ4n) is 0.984. The van der Waals surface area contributed by atoms with Crippen LogP contribution < -0.4 is 0 Å². The molecule has 0 aliphatic carbocycles. The summed E-state index contributed by atoms with van der Waals surface area (Å²) < 4.78 is 5.27. The smallest absolute Gasteiger partial charge is 0.411 e. The third-order valence-electron chi connectivity index (χ3n) is 1.67. The maximum Gasteiger partial charge on any atom is 0.411 e. The summed E-state index contributed by atoms with van der Waals surface area (Å²) in [6.07, 6.45) is 4.86. The van der Waals surface area contributed by atoms with Crippen molar-refractivity contribution in [1.29, 1.82) is 0 Å². The Labute approximate surface area is 92.8 Å². The maximum absolute atomic E-state index is 11.8. The highest BCUT2D eigenvalue weighted by Crippen LogP contribution is 2.17. The summed E-state index contributed by atoms with van der Waals surface area (Å²) in [6.45, 7) is 11.5. The molecular formula is C12H21NO2. The van der Waals surface area contributed by atoms with E-state index in [-0.39, 0.29) is 18.2 Å². The van der Waals surface area contributed by atoms with Crippen molar-refractivity contribution in [3.63, 3.8) is 0 Å². The van der Waals surface area contributed by atoms with E-state index in [2.05, 4.69) is 5.92 Å². The van der Waals surface area contributed by atoms with E-state index >= 15 is 0 Å². The van der Waals surface area contributed by atoms with E-state index in [0.29, 0.717) is 0 Å². The van der Waals surface area contributed by atoms with Crippen LogP contribution in [0, 0.1) is 12.3 Å². The van der Waals surface area contributed by atoms with Crippen molar-refractivity contribution >= 4 is 6.09 Å². The predicted octanol–water partition coefficient (Wildman–Crippen LogP) is 2.66. The highest BCUT2D eigenvalue weighted by molar-refractivity contribution is 5.69. The first-order valence-electron chi connectivity index (χ1n) is 5.02. The minimum absolute atomic E-state index is 0.262. The van der Waals surface area contributed by atoms with Gasteiger partial charge < -0.3 is 4.74 Å². The Kier molecular flexibility index (Phi) is 4.21. The largest absolute Gasteiger partial charge is 0.444 e. The van der Waals surface area contributed by atoms with Crippen LogP contribution in [0.5, 0.6) is 0 Å². The summed E-state index contributed by atoms with van der Waals surface area (Å²) >= 11 is 0. The molecule has 0 aromatic rings. The van der Waals surface area contributed by atoms with Gasteiger partial charge in [0.25, 0.3) is 0 Å². The Bertz CT molecular complexity index is 263. The van der Waals surface area contributed by atoms with Gasteiger partial charge in [-0.2, -0.15) is 0 Å². The highest BCUT2D eigenvalue weighted by Gasteiger charge is 2.29. The van der Waals surface area contributed by atoms with E-state index in [0.717, 1.165) is 0 Å². The first-order chi connectivity index (χ1) is 6.58. The normalized spacial score (nSPS) is 11.8. The van der Waals surface area contributed by atoms with Gasteiger partial charge in [0.05, 0.1) is 6.54 Å². The maximum atomic E-state index is 11.8. The van der Waals surface area contributed by atoms with Crippen LogP contribution in [0.4, 0.5) is 4.79 Å². The molecule has 0 aromatic heterocycles. The molecule has 0 aliphatic heterocycles. The standard InChI is InChI=1S/C12H21NO2/c1-8-9-13(11(2,3)4)10(14)15-12(5,6)7/h1H,9H2,2-7H3. The minimum atomic E-state index is -0.491. The van der Waals surface area contributed by atoms with Crippen LogP contribution in [0.3, 0.4) is 0 Å². The summed E-state index contributed by atoms with van der Waals surface area (Å²) in [7, 11) is 0. The second-order valence-electron chi connectivity index (χ2n) is 5.44. The fraction of sp³-hybridized carbons (Fsp3) is 0.750. The van der Waals surface area contributed by atoms with Gasteiger partial charge >= 0.3 is 6.09 Å². The first kappa shape index (κ1) is 13.8. The average Bonchev–Trinajstić information content (AvgIpc) is 1.93. The van der Waals surface area contributed by atoms with Crippen LogP contribution in [0.25, 0.3) is 0 Å². The molecule has 0 unspecified atom stereocenters.